The van der Waals surface area contributed by atoms with Gasteiger partial charge in [-0.3, -0.25) is 4.79 Å². The van der Waals surface area contributed by atoms with Gasteiger partial charge in [0.15, 0.2) is 0 Å². The molecule has 2 nitrogen and oxygen atoms in total. The summed E-state index contributed by atoms with van der Waals surface area (Å²) in [5, 5.41) is 0. The molecular formula is C15H17BrO2. The topological polar surface area (TPSA) is 26.3 Å². The maximum Gasteiger partial charge on any atom is 0.313 e. The van der Waals surface area contributed by atoms with Crippen molar-refractivity contribution in [3.8, 4) is 0 Å². The zero-order chi connectivity index (χ0) is 13.5. The minimum atomic E-state index is -0.364. The highest BCUT2D eigenvalue weighted by molar-refractivity contribution is 9.10. The molecule has 0 heterocycles. The van der Waals surface area contributed by atoms with Crippen LogP contribution in [0.15, 0.2) is 48.0 Å². The first-order chi connectivity index (χ1) is 8.60. The monoisotopic (exact) mass is 308 g/mol. The number of hydrogen-bond donors (Lipinski definition) is 0. The maximum atomic E-state index is 11.9. The van der Waals surface area contributed by atoms with E-state index in [-0.39, 0.29) is 11.9 Å². The Morgan fingerprint density at radius 1 is 1.56 bits per heavy atom. The number of carbonyl (C=O) groups is 1. The van der Waals surface area contributed by atoms with Crippen molar-refractivity contribution in [2.45, 2.75) is 13.3 Å². The summed E-state index contributed by atoms with van der Waals surface area (Å²) >= 11 is 3.41. The van der Waals surface area contributed by atoms with Gasteiger partial charge in [-0.05, 0) is 36.6 Å². The molecule has 0 saturated carbocycles. The fraction of sp³-hybridized carbons (Fsp3) is 0.267. The number of rotatable bonds is 6. The van der Waals surface area contributed by atoms with Crippen LogP contribution in [0, 0.1) is 5.92 Å². The van der Waals surface area contributed by atoms with Crippen molar-refractivity contribution < 1.29 is 9.53 Å². The second-order valence-electron chi connectivity index (χ2n) is 3.86. The smallest absolute Gasteiger partial charge is 0.313 e. The molecule has 96 valence electrons. The minimum Gasteiger partial charge on any atom is -0.466 e. The van der Waals surface area contributed by atoms with Gasteiger partial charge in [0.1, 0.15) is 0 Å². The SMILES string of the molecule is C=CCC(C(=C)c1cccc(Br)c1)C(=O)OCC. The van der Waals surface area contributed by atoms with Crippen LogP contribution >= 0.6 is 15.9 Å². The molecule has 0 spiro atoms. The molecule has 0 aliphatic heterocycles. The molecule has 0 aromatic heterocycles. The van der Waals surface area contributed by atoms with E-state index in [0.717, 1.165) is 15.6 Å². The molecular weight excluding hydrogens is 292 g/mol. The molecule has 0 fully saturated rings. The number of allylic oxidation sites excluding steroid dienone is 1. The highest BCUT2D eigenvalue weighted by Gasteiger charge is 2.22. The maximum absolute atomic E-state index is 11.9. The van der Waals surface area contributed by atoms with E-state index in [0.29, 0.717) is 13.0 Å². The van der Waals surface area contributed by atoms with Crippen LogP contribution in [0.1, 0.15) is 18.9 Å². The normalized spacial score (nSPS) is 11.7. The molecule has 1 aromatic rings. The van der Waals surface area contributed by atoms with Gasteiger partial charge in [0, 0.05) is 4.47 Å². The highest BCUT2D eigenvalue weighted by atomic mass is 79.9. The number of carbonyl (C=O) groups excluding carboxylic acids is 1. The van der Waals surface area contributed by atoms with Crippen LogP contribution in [0.3, 0.4) is 0 Å². The number of ether oxygens (including phenoxy) is 1. The number of hydrogen-bond acceptors (Lipinski definition) is 2. The van der Waals surface area contributed by atoms with Crippen molar-refractivity contribution >= 4 is 27.5 Å². The van der Waals surface area contributed by atoms with E-state index in [9.17, 15) is 4.79 Å². The van der Waals surface area contributed by atoms with Crippen LogP contribution in [0.5, 0.6) is 0 Å². The molecule has 0 aliphatic carbocycles. The van der Waals surface area contributed by atoms with E-state index < -0.39 is 0 Å². The molecule has 1 rings (SSSR count). The predicted octanol–water partition coefficient (Wildman–Crippen LogP) is 4.22. The molecule has 3 heteroatoms. The lowest BCUT2D eigenvalue weighted by Gasteiger charge is -2.17. The van der Waals surface area contributed by atoms with Crippen LogP contribution in [-0.4, -0.2) is 12.6 Å². The lowest BCUT2D eigenvalue weighted by molar-refractivity contribution is -0.145. The van der Waals surface area contributed by atoms with Gasteiger partial charge in [-0.2, -0.15) is 0 Å². The average Bonchev–Trinajstić information content (AvgIpc) is 2.35. The Hall–Kier alpha value is -1.35. The fourth-order valence-electron chi connectivity index (χ4n) is 1.68. The van der Waals surface area contributed by atoms with Crippen molar-refractivity contribution in [1.29, 1.82) is 0 Å². The summed E-state index contributed by atoms with van der Waals surface area (Å²) in [4.78, 5) is 11.9. The Kier molecular flexibility index (Phi) is 5.86. The van der Waals surface area contributed by atoms with Gasteiger partial charge in [0.25, 0.3) is 0 Å². The Morgan fingerprint density at radius 2 is 2.28 bits per heavy atom. The first kappa shape index (κ1) is 14.7. The summed E-state index contributed by atoms with van der Waals surface area (Å²) in [6.07, 6.45) is 2.24. The predicted molar refractivity (Wildman–Crippen MR) is 78.1 cm³/mol. The van der Waals surface area contributed by atoms with Crippen LogP contribution in [0.4, 0.5) is 0 Å². The van der Waals surface area contributed by atoms with Crippen LogP contribution < -0.4 is 0 Å². The zero-order valence-electron chi connectivity index (χ0n) is 10.5. The van der Waals surface area contributed by atoms with Crippen molar-refractivity contribution in [3.05, 3.63) is 53.5 Å². The molecule has 18 heavy (non-hydrogen) atoms. The summed E-state index contributed by atoms with van der Waals surface area (Å²) in [6, 6.07) is 7.73. The Morgan fingerprint density at radius 3 is 2.83 bits per heavy atom. The first-order valence-electron chi connectivity index (χ1n) is 5.82. The van der Waals surface area contributed by atoms with E-state index >= 15 is 0 Å². The quantitative estimate of drug-likeness (QED) is 0.581. The molecule has 1 aromatic carbocycles. The van der Waals surface area contributed by atoms with Crippen molar-refractivity contribution in [2.24, 2.45) is 5.92 Å². The largest absolute Gasteiger partial charge is 0.466 e. The summed E-state index contributed by atoms with van der Waals surface area (Å²) in [6.45, 7) is 9.87. The summed E-state index contributed by atoms with van der Waals surface area (Å²) in [5.74, 6) is -0.612. The van der Waals surface area contributed by atoms with Gasteiger partial charge in [-0.1, -0.05) is 40.7 Å². The first-order valence-corrected chi connectivity index (χ1v) is 6.61. The molecule has 0 radical (unpaired) electrons. The lowest BCUT2D eigenvalue weighted by Crippen LogP contribution is -2.18. The van der Waals surface area contributed by atoms with Crippen molar-refractivity contribution in [3.63, 3.8) is 0 Å². The van der Waals surface area contributed by atoms with Gasteiger partial charge in [-0.25, -0.2) is 0 Å². The van der Waals surface area contributed by atoms with Crippen molar-refractivity contribution in [1.82, 2.24) is 0 Å². The minimum absolute atomic E-state index is 0.248. The molecule has 1 atom stereocenters. The second kappa shape index (κ2) is 7.17. The van der Waals surface area contributed by atoms with E-state index in [2.05, 4.69) is 29.1 Å². The second-order valence-corrected chi connectivity index (χ2v) is 4.78. The van der Waals surface area contributed by atoms with E-state index in [1.54, 1.807) is 13.0 Å². The third-order valence-electron chi connectivity index (χ3n) is 2.59. The zero-order valence-corrected chi connectivity index (χ0v) is 12.1. The van der Waals surface area contributed by atoms with E-state index in [4.69, 9.17) is 4.74 Å². The number of halogens is 1. The summed E-state index contributed by atoms with van der Waals surface area (Å²) < 4.78 is 6.03. The molecule has 0 bridgehead atoms. The Labute approximate surface area is 116 Å². The number of benzene rings is 1. The van der Waals surface area contributed by atoms with E-state index in [1.165, 1.54) is 0 Å². The van der Waals surface area contributed by atoms with Gasteiger partial charge in [0.2, 0.25) is 0 Å². The van der Waals surface area contributed by atoms with Gasteiger partial charge in [0.05, 0.1) is 12.5 Å². The van der Waals surface area contributed by atoms with Crippen LogP contribution in [0.2, 0.25) is 0 Å². The van der Waals surface area contributed by atoms with Gasteiger partial charge >= 0.3 is 5.97 Å². The van der Waals surface area contributed by atoms with Crippen LogP contribution in [0.25, 0.3) is 5.57 Å². The Bertz CT molecular complexity index is 452. The molecule has 0 amide bonds. The third-order valence-corrected chi connectivity index (χ3v) is 3.08. The molecule has 0 aliphatic rings. The average molecular weight is 309 g/mol. The highest BCUT2D eigenvalue weighted by Crippen LogP contribution is 2.27. The molecule has 0 saturated heterocycles. The Balaban J connectivity index is 2.95. The van der Waals surface area contributed by atoms with Gasteiger partial charge < -0.3 is 4.74 Å². The molecule has 0 N–H and O–H groups in total. The fourth-order valence-corrected chi connectivity index (χ4v) is 2.08. The van der Waals surface area contributed by atoms with E-state index in [1.807, 2.05) is 24.3 Å². The third kappa shape index (κ3) is 3.84. The summed E-state index contributed by atoms with van der Waals surface area (Å²) in [5.41, 5.74) is 1.69. The molecule has 1 unspecified atom stereocenters. The van der Waals surface area contributed by atoms with Gasteiger partial charge in [-0.15, -0.1) is 6.58 Å². The lowest BCUT2D eigenvalue weighted by atomic mass is 9.91. The van der Waals surface area contributed by atoms with Crippen molar-refractivity contribution in [2.75, 3.05) is 6.61 Å². The summed E-state index contributed by atoms with van der Waals surface area (Å²) in [7, 11) is 0. The number of esters is 1. The van der Waals surface area contributed by atoms with Crippen LogP contribution in [-0.2, 0) is 9.53 Å². The standard InChI is InChI=1S/C15H17BrO2/c1-4-7-14(15(17)18-5-2)11(3)12-8-6-9-13(16)10-12/h4,6,8-10,14H,1,3,5,7H2,2H3.